The van der Waals surface area contributed by atoms with Crippen molar-refractivity contribution in [1.29, 1.82) is 0 Å². The van der Waals surface area contributed by atoms with Gasteiger partial charge in [0, 0.05) is 6.20 Å². The number of hydrogen-bond donors (Lipinski definition) is 1. The van der Waals surface area contributed by atoms with Gasteiger partial charge in [-0.3, -0.25) is 4.68 Å². The van der Waals surface area contributed by atoms with Crippen LogP contribution in [-0.4, -0.2) is 22.5 Å². The number of nitrogens with two attached hydrogens (primary N) is 1. The van der Waals surface area contributed by atoms with Crippen molar-refractivity contribution in [1.82, 2.24) is 9.78 Å². The Hall–Kier alpha value is -1.03. The third-order valence-corrected chi connectivity index (χ3v) is 2.30. The zero-order chi connectivity index (χ0) is 10.6. The summed E-state index contributed by atoms with van der Waals surface area (Å²) in [7, 11) is 0. The van der Waals surface area contributed by atoms with Crippen molar-refractivity contribution in [3.63, 3.8) is 0 Å². The highest BCUT2D eigenvalue weighted by molar-refractivity contribution is 5.23. The first kappa shape index (κ1) is 11.0. The standard InChI is InChI=1S/C10H19N3O/c1-8(2)9(3)14-7-6-13-5-4-10(11)12-13/h4-5,8-9H,6-7H2,1-3H3,(H2,11,12). The van der Waals surface area contributed by atoms with Crippen molar-refractivity contribution in [2.75, 3.05) is 12.3 Å². The molecule has 0 aliphatic heterocycles. The lowest BCUT2D eigenvalue weighted by molar-refractivity contribution is 0.0296. The van der Waals surface area contributed by atoms with Crippen molar-refractivity contribution in [3.05, 3.63) is 12.3 Å². The van der Waals surface area contributed by atoms with Gasteiger partial charge in [-0.15, -0.1) is 0 Å². The smallest absolute Gasteiger partial charge is 0.145 e. The minimum absolute atomic E-state index is 0.294. The van der Waals surface area contributed by atoms with Gasteiger partial charge in [0.25, 0.3) is 0 Å². The molecule has 0 saturated carbocycles. The van der Waals surface area contributed by atoms with Gasteiger partial charge in [0.15, 0.2) is 0 Å². The van der Waals surface area contributed by atoms with Crippen molar-refractivity contribution < 1.29 is 4.74 Å². The molecule has 1 unspecified atom stereocenters. The SMILES string of the molecule is CC(C)C(C)OCCn1ccc(N)n1. The van der Waals surface area contributed by atoms with Crippen LogP contribution in [-0.2, 0) is 11.3 Å². The Morgan fingerprint density at radius 1 is 1.50 bits per heavy atom. The highest BCUT2D eigenvalue weighted by atomic mass is 16.5. The van der Waals surface area contributed by atoms with Crippen LogP contribution >= 0.6 is 0 Å². The van der Waals surface area contributed by atoms with E-state index in [0.717, 1.165) is 6.54 Å². The van der Waals surface area contributed by atoms with Crippen LogP contribution in [0.1, 0.15) is 20.8 Å². The number of hydrogen-bond acceptors (Lipinski definition) is 3. The molecular formula is C10H19N3O. The Kier molecular flexibility index (Phi) is 3.95. The van der Waals surface area contributed by atoms with E-state index in [2.05, 4.69) is 25.9 Å². The third kappa shape index (κ3) is 3.38. The van der Waals surface area contributed by atoms with Crippen LogP contribution in [0.2, 0.25) is 0 Å². The van der Waals surface area contributed by atoms with Gasteiger partial charge in [0.2, 0.25) is 0 Å². The molecule has 0 fully saturated rings. The second-order valence-electron chi connectivity index (χ2n) is 3.82. The van der Waals surface area contributed by atoms with Crippen LogP contribution in [0.5, 0.6) is 0 Å². The van der Waals surface area contributed by atoms with Gasteiger partial charge >= 0.3 is 0 Å². The Labute approximate surface area is 85.0 Å². The fourth-order valence-corrected chi connectivity index (χ4v) is 1.03. The number of nitrogen functional groups attached to an aromatic ring is 1. The summed E-state index contributed by atoms with van der Waals surface area (Å²) in [5.41, 5.74) is 5.49. The van der Waals surface area contributed by atoms with Crippen LogP contribution < -0.4 is 5.73 Å². The molecule has 0 bridgehead atoms. The van der Waals surface area contributed by atoms with Crippen molar-refractivity contribution in [2.24, 2.45) is 5.92 Å². The average Bonchev–Trinajstić information content (AvgIpc) is 2.51. The first-order valence-corrected chi connectivity index (χ1v) is 5.00. The maximum absolute atomic E-state index is 5.61. The van der Waals surface area contributed by atoms with E-state index in [1.54, 1.807) is 10.7 Å². The van der Waals surface area contributed by atoms with Gasteiger partial charge in [0.1, 0.15) is 5.82 Å². The van der Waals surface area contributed by atoms with E-state index >= 15 is 0 Å². The minimum Gasteiger partial charge on any atom is -0.382 e. The first-order valence-electron chi connectivity index (χ1n) is 5.00. The lowest BCUT2D eigenvalue weighted by Crippen LogP contribution is -2.18. The van der Waals surface area contributed by atoms with Gasteiger partial charge in [-0.05, 0) is 18.9 Å². The molecule has 1 heterocycles. The Morgan fingerprint density at radius 2 is 2.21 bits per heavy atom. The number of rotatable bonds is 5. The molecule has 80 valence electrons. The van der Waals surface area contributed by atoms with Crippen molar-refractivity contribution in [2.45, 2.75) is 33.4 Å². The molecule has 4 nitrogen and oxygen atoms in total. The van der Waals surface area contributed by atoms with Gasteiger partial charge in [-0.25, -0.2) is 0 Å². The Bertz CT molecular complexity index is 270. The summed E-state index contributed by atoms with van der Waals surface area (Å²) < 4.78 is 7.41. The predicted octanol–water partition coefficient (Wildman–Crippen LogP) is 1.53. The second-order valence-corrected chi connectivity index (χ2v) is 3.82. The van der Waals surface area contributed by atoms with E-state index in [1.165, 1.54) is 0 Å². The molecule has 14 heavy (non-hydrogen) atoms. The molecule has 4 heteroatoms. The topological polar surface area (TPSA) is 53.1 Å². The number of aromatic nitrogens is 2. The van der Waals surface area contributed by atoms with Crippen molar-refractivity contribution >= 4 is 5.82 Å². The quantitative estimate of drug-likeness (QED) is 0.778. The molecule has 1 aromatic rings. The average molecular weight is 197 g/mol. The number of anilines is 1. The molecule has 0 amide bonds. The van der Waals surface area contributed by atoms with E-state index in [-0.39, 0.29) is 0 Å². The van der Waals surface area contributed by atoms with Crippen LogP contribution in [0, 0.1) is 5.92 Å². The molecule has 0 aliphatic rings. The normalized spacial score (nSPS) is 13.4. The summed E-state index contributed by atoms with van der Waals surface area (Å²) in [6, 6.07) is 1.78. The fraction of sp³-hybridized carbons (Fsp3) is 0.700. The molecule has 2 N–H and O–H groups in total. The molecule has 0 saturated heterocycles. The highest BCUT2D eigenvalue weighted by Gasteiger charge is 2.06. The summed E-state index contributed by atoms with van der Waals surface area (Å²) in [4.78, 5) is 0. The largest absolute Gasteiger partial charge is 0.382 e. The maximum Gasteiger partial charge on any atom is 0.145 e. The van der Waals surface area contributed by atoms with Gasteiger partial charge in [-0.1, -0.05) is 13.8 Å². The van der Waals surface area contributed by atoms with E-state index in [0.29, 0.717) is 24.4 Å². The summed E-state index contributed by atoms with van der Waals surface area (Å²) in [6.45, 7) is 7.82. The zero-order valence-corrected chi connectivity index (χ0v) is 9.10. The third-order valence-electron chi connectivity index (χ3n) is 2.30. The molecule has 0 aromatic carbocycles. The van der Waals surface area contributed by atoms with Gasteiger partial charge < -0.3 is 10.5 Å². The van der Waals surface area contributed by atoms with Crippen LogP contribution in [0.25, 0.3) is 0 Å². The molecular weight excluding hydrogens is 178 g/mol. The Morgan fingerprint density at radius 3 is 2.71 bits per heavy atom. The summed E-state index contributed by atoms with van der Waals surface area (Å²) >= 11 is 0. The molecule has 0 aliphatic carbocycles. The summed E-state index contributed by atoms with van der Waals surface area (Å²) in [6.07, 6.45) is 2.15. The second kappa shape index (κ2) is 5.00. The monoisotopic (exact) mass is 197 g/mol. The first-order chi connectivity index (χ1) is 6.59. The predicted molar refractivity (Wildman–Crippen MR) is 56.9 cm³/mol. The zero-order valence-electron chi connectivity index (χ0n) is 9.10. The lowest BCUT2D eigenvalue weighted by atomic mass is 10.1. The molecule has 0 spiro atoms. The highest BCUT2D eigenvalue weighted by Crippen LogP contribution is 2.05. The van der Waals surface area contributed by atoms with Gasteiger partial charge in [0.05, 0.1) is 19.3 Å². The van der Waals surface area contributed by atoms with Gasteiger partial charge in [-0.2, -0.15) is 5.10 Å². The maximum atomic E-state index is 5.61. The molecule has 1 aromatic heterocycles. The summed E-state index contributed by atoms with van der Waals surface area (Å²) in [5, 5.41) is 4.07. The minimum atomic E-state index is 0.294. The molecule has 1 rings (SSSR count). The van der Waals surface area contributed by atoms with Crippen LogP contribution in [0.3, 0.4) is 0 Å². The fourth-order valence-electron chi connectivity index (χ4n) is 1.03. The lowest BCUT2D eigenvalue weighted by Gasteiger charge is -2.16. The molecule has 1 atom stereocenters. The number of ether oxygens (including phenoxy) is 1. The van der Waals surface area contributed by atoms with E-state index in [9.17, 15) is 0 Å². The van der Waals surface area contributed by atoms with Crippen LogP contribution in [0.4, 0.5) is 5.82 Å². The van der Waals surface area contributed by atoms with Crippen LogP contribution in [0.15, 0.2) is 12.3 Å². The van der Waals surface area contributed by atoms with E-state index in [4.69, 9.17) is 10.5 Å². The molecule has 0 radical (unpaired) electrons. The number of nitrogens with zero attached hydrogens (tertiary/aromatic N) is 2. The van der Waals surface area contributed by atoms with Crippen molar-refractivity contribution in [3.8, 4) is 0 Å². The Balaban J connectivity index is 2.22. The summed E-state index contributed by atoms with van der Waals surface area (Å²) in [5.74, 6) is 1.11. The van der Waals surface area contributed by atoms with E-state index < -0.39 is 0 Å². The van der Waals surface area contributed by atoms with E-state index in [1.807, 2.05) is 6.20 Å².